The van der Waals surface area contributed by atoms with E-state index in [0.29, 0.717) is 42.4 Å². The van der Waals surface area contributed by atoms with Crippen LogP contribution in [0.2, 0.25) is 0 Å². The molecule has 1 aliphatic rings. The zero-order valence-corrected chi connectivity index (χ0v) is 14.6. The van der Waals surface area contributed by atoms with E-state index in [9.17, 15) is 14.9 Å². The predicted molar refractivity (Wildman–Crippen MR) is 95.6 cm³/mol. The van der Waals surface area contributed by atoms with Gasteiger partial charge in [0.15, 0.2) is 0 Å². The molecule has 0 spiro atoms. The molecule has 1 fully saturated rings. The van der Waals surface area contributed by atoms with Gasteiger partial charge in [-0.2, -0.15) is 5.10 Å². The van der Waals surface area contributed by atoms with E-state index in [1.807, 2.05) is 0 Å². The second-order valence-corrected chi connectivity index (χ2v) is 6.01. The molecule has 0 bridgehead atoms. The second kappa shape index (κ2) is 7.62. The van der Waals surface area contributed by atoms with Crippen LogP contribution in [0.15, 0.2) is 30.5 Å². The summed E-state index contributed by atoms with van der Waals surface area (Å²) in [7, 11) is 1.75. The number of nitrogens with zero attached hydrogens (tertiary/aromatic N) is 4. The molecule has 1 aromatic carbocycles. The van der Waals surface area contributed by atoms with Gasteiger partial charge in [0.25, 0.3) is 11.6 Å². The number of rotatable bonds is 4. The highest BCUT2D eigenvalue weighted by Crippen LogP contribution is 2.27. The number of likely N-dealkylation sites (tertiary alicyclic amines) is 1. The van der Waals surface area contributed by atoms with E-state index in [4.69, 9.17) is 5.73 Å². The zero-order valence-electron chi connectivity index (χ0n) is 13.8. The number of hydrogen-bond donors (Lipinski definition) is 1. The summed E-state index contributed by atoms with van der Waals surface area (Å²) in [5, 5.41) is 15.1. The van der Waals surface area contributed by atoms with Gasteiger partial charge in [-0.25, -0.2) is 0 Å². The van der Waals surface area contributed by atoms with Gasteiger partial charge in [0.2, 0.25) is 0 Å². The third kappa shape index (κ3) is 3.80. The molecule has 9 heteroatoms. The summed E-state index contributed by atoms with van der Waals surface area (Å²) in [5.41, 5.74) is 7.42. The summed E-state index contributed by atoms with van der Waals surface area (Å²) in [4.78, 5) is 24.9. The van der Waals surface area contributed by atoms with Crippen molar-refractivity contribution >= 4 is 24.0 Å². The molecule has 1 aliphatic heterocycles. The molecule has 1 amide bonds. The van der Waals surface area contributed by atoms with Crippen molar-refractivity contribution in [1.82, 2.24) is 14.7 Å². The summed E-state index contributed by atoms with van der Waals surface area (Å²) >= 11 is 0. The Balaban J connectivity index is 0.00000225. The molecule has 1 atom stereocenters. The number of hydrogen-bond acceptors (Lipinski definition) is 5. The Morgan fingerprint density at radius 1 is 1.40 bits per heavy atom. The van der Waals surface area contributed by atoms with Gasteiger partial charge in [-0.3, -0.25) is 19.6 Å². The van der Waals surface area contributed by atoms with Gasteiger partial charge in [-0.05, 0) is 31.0 Å². The van der Waals surface area contributed by atoms with Crippen molar-refractivity contribution in [3.8, 4) is 11.3 Å². The van der Waals surface area contributed by atoms with Crippen LogP contribution in [-0.4, -0.2) is 45.1 Å². The average Bonchev–Trinajstić information content (AvgIpc) is 3.20. The van der Waals surface area contributed by atoms with Crippen LogP contribution < -0.4 is 5.73 Å². The van der Waals surface area contributed by atoms with Crippen LogP contribution in [0.5, 0.6) is 0 Å². The molecule has 8 nitrogen and oxygen atoms in total. The number of carbonyl (C=O) groups is 1. The first-order valence-electron chi connectivity index (χ1n) is 7.77. The molecule has 2 N–H and O–H groups in total. The molecule has 2 heterocycles. The van der Waals surface area contributed by atoms with Crippen LogP contribution in [0.25, 0.3) is 11.3 Å². The Morgan fingerprint density at radius 3 is 2.64 bits per heavy atom. The summed E-state index contributed by atoms with van der Waals surface area (Å²) in [6, 6.07) is 6.06. The average molecular weight is 366 g/mol. The molecule has 25 heavy (non-hydrogen) atoms. The third-order valence-corrected chi connectivity index (χ3v) is 4.32. The van der Waals surface area contributed by atoms with Crippen molar-refractivity contribution in [2.45, 2.75) is 6.42 Å². The molecule has 134 valence electrons. The molecular formula is C16H20ClN5O3. The van der Waals surface area contributed by atoms with Gasteiger partial charge in [-0.1, -0.05) is 0 Å². The molecule has 1 saturated heterocycles. The summed E-state index contributed by atoms with van der Waals surface area (Å²) in [6.07, 6.45) is 2.60. The minimum atomic E-state index is -0.453. The molecule has 0 aliphatic carbocycles. The Labute approximate surface area is 151 Å². The number of nitrogens with two attached hydrogens (primary N) is 1. The first kappa shape index (κ1) is 18.9. The maximum Gasteiger partial charge on any atom is 0.269 e. The highest BCUT2D eigenvalue weighted by molar-refractivity contribution is 6.00. The number of non-ortho nitro benzene ring substituents is 1. The lowest BCUT2D eigenvalue weighted by atomic mass is 10.1. The molecular weight excluding hydrogens is 346 g/mol. The van der Waals surface area contributed by atoms with Gasteiger partial charge >= 0.3 is 0 Å². The highest BCUT2D eigenvalue weighted by Gasteiger charge is 2.29. The van der Waals surface area contributed by atoms with Gasteiger partial charge in [-0.15, -0.1) is 12.4 Å². The molecule has 0 saturated carbocycles. The van der Waals surface area contributed by atoms with Gasteiger partial charge < -0.3 is 10.6 Å². The van der Waals surface area contributed by atoms with E-state index >= 15 is 0 Å². The van der Waals surface area contributed by atoms with E-state index < -0.39 is 4.92 Å². The van der Waals surface area contributed by atoms with Crippen LogP contribution in [0, 0.1) is 16.0 Å². The first-order chi connectivity index (χ1) is 11.5. The van der Waals surface area contributed by atoms with Crippen molar-refractivity contribution in [2.24, 2.45) is 18.7 Å². The lowest BCUT2D eigenvalue weighted by molar-refractivity contribution is -0.384. The summed E-state index contributed by atoms with van der Waals surface area (Å²) in [6.45, 7) is 1.92. The van der Waals surface area contributed by atoms with E-state index in [2.05, 4.69) is 5.10 Å². The molecule has 0 radical (unpaired) electrons. The minimum absolute atomic E-state index is 0. The Morgan fingerprint density at radius 2 is 2.08 bits per heavy atom. The van der Waals surface area contributed by atoms with E-state index in [-0.39, 0.29) is 24.0 Å². The minimum Gasteiger partial charge on any atom is -0.338 e. The SMILES string of the molecule is Cl.Cn1cc(C(=O)N2CCC(CN)C2)c(-c2ccc([N+](=O)[O-])cc2)n1. The van der Waals surface area contributed by atoms with Crippen LogP contribution in [0.4, 0.5) is 5.69 Å². The summed E-state index contributed by atoms with van der Waals surface area (Å²) < 4.78 is 1.58. The van der Waals surface area contributed by atoms with Crippen molar-refractivity contribution in [1.29, 1.82) is 0 Å². The number of carbonyl (C=O) groups excluding carboxylic acids is 1. The number of aryl methyl sites for hydroxylation is 1. The maximum atomic E-state index is 12.8. The molecule has 1 aromatic heterocycles. The number of nitro groups is 1. The van der Waals surface area contributed by atoms with Crippen LogP contribution >= 0.6 is 12.4 Å². The first-order valence-corrected chi connectivity index (χ1v) is 7.77. The zero-order chi connectivity index (χ0) is 17.3. The fourth-order valence-corrected chi connectivity index (χ4v) is 2.98. The lowest BCUT2D eigenvalue weighted by Gasteiger charge is -2.16. The number of halogens is 1. The largest absolute Gasteiger partial charge is 0.338 e. The normalized spacial score (nSPS) is 16.6. The number of aromatic nitrogens is 2. The molecule has 3 rings (SSSR count). The standard InChI is InChI=1S/C16H19N5O3.ClH/c1-19-10-14(16(22)20-7-6-11(8-17)9-20)15(18-19)12-2-4-13(5-3-12)21(23)24;/h2-5,10-11H,6-9,17H2,1H3;1H. The smallest absolute Gasteiger partial charge is 0.269 e. The lowest BCUT2D eigenvalue weighted by Crippen LogP contribution is -2.30. The van der Waals surface area contributed by atoms with Crippen LogP contribution in [0.3, 0.4) is 0 Å². The highest BCUT2D eigenvalue weighted by atomic mass is 35.5. The van der Waals surface area contributed by atoms with E-state index in [1.54, 1.807) is 35.0 Å². The fourth-order valence-electron chi connectivity index (χ4n) is 2.98. The van der Waals surface area contributed by atoms with Gasteiger partial charge in [0.05, 0.1) is 10.5 Å². The number of benzene rings is 1. The summed E-state index contributed by atoms with van der Waals surface area (Å²) in [5.74, 6) is 0.265. The molecule has 1 unspecified atom stereocenters. The topological polar surface area (TPSA) is 107 Å². The van der Waals surface area contributed by atoms with E-state index in [1.165, 1.54) is 12.1 Å². The monoisotopic (exact) mass is 365 g/mol. The van der Waals surface area contributed by atoms with Gasteiger partial charge in [0, 0.05) is 44.0 Å². The van der Waals surface area contributed by atoms with Crippen molar-refractivity contribution in [3.05, 3.63) is 46.1 Å². The Hall–Kier alpha value is -2.45. The Kier molecular flexibility index (Phi) is 5.76. The number of amides is 1. The van der Waals surface area contributed by atoms with Crippen molar-refractivity contribution in [2.75, 3.05) is 19.6 Å². The van der Waals surface area contributed by atoms with Crippen molar-refractivity contribution in [3.63, 3.8) is 0 Å². The second-order valence-electron chi connectivity index (χ2n) is 6.01. The predicted octanol–water partition coefficient (Wildman–Crippen LogP) is 1.84. The van der Waals surface area contributed by atoms with Crippen molar-refractivity contribution < 1.29 is 9.72 Å². The maximum absolute atomic E-state index is 12.8. The van der Waals surface area contributed by atoms with Crippen LogP contribution in [-0.2, 0) is 7.05 Å². The quantitative estimate of drug-likeness (QED) is 0.657. The molecule has 2 aromatic rings. The third-order valence-electron chi connectivity index (χ3n) is 4.32. The van der Waals surface area contributed by atoms with Gasteiger partial charge in [0.1, 0.15) is 5.69 Å². The fraction of sp³-hybridized carbons (Fsp3) is 0.375. The Bertz CT molecular complexity index is 775. The van der Waals surface area contributed by atoms with Crippen LogP contribution in [0.1, 0.15) is 16.8 Å². The van der Waals surface area contributed by atoms with E-state index in [0.717, 1.165) is 6.42 Å². The number of nitro benzene ring substituents is 1.